The Bertz CT molecular complexity index is 687. The average molecular weight is 384 g/mol. The van der Waals surface area contributed by atoms with Gasteiger partial charge in [0.25, 0.3) is 0 Å². The Morgan fingerprint density at radius 1 is 1.27 bits per heavy atom. The van der Waals surface area contributed by atoms with Crippen molar-refractivity contribution in [3.63, 3.8) is 0 Å². The molecule has 1 atom stereocenters. The molecule has 0 aromatic heterocycles. The zero-order valence-electron chi connectivity index (χ0n) is 16.6. The van der Waals surface area contributed by atoms with Gasteiger partial charge in [0.05, 0.1) is 18.4 Å². The monoisotopic (exact) mass is 383 g/mol. The van der Waals surface area contributed by atoms with E-state index in [9.17, 15) is 8.42 Å². The Balaban J connectivity index is 2.76. The molecule has 1 rings (SSSR count). The van der Waals surface area contributed by atoms with Crippen molar-refractivity contribution in [3.05, 3.63) is 29.3 Å². The van der Waals surface area contributed by atoms with Crippen molar-refractivity contribution in [3.8, 4) is 5.75 Å². The van der Waals surface area contributed by atoms with E-state index in [0.29, 0.717) is 25.5 Å². The third-order valence-electron chi connectivity index (χ3n) is 3.86. The van der Waals surface area contributed by atoms with Crippen molar-refractivity contribution >= 4 is 15.8 Å². The zero-order valence-corrected chi connectivity index (χ0v) is 17.4. The lowest BCUT2D eigenvalue weighted by Gasteiger charge is -2.17. The third kappa shape index (κ3) is 9.08. The molecule has 148 valence electrons. The summed E-state index contributed by atoms with van der Waals surface area (Å²) in [4.78, 5) is 4.61. The quantitative estimate of drug-likeness (QED) is 0.369. The molecule has 26 heavy (non-hydrogen) atoms. The van der Waals surface area contributed by atoms with Crippen LogP contribution in [-0.2, 0) is 16.4 Å². The molecule has 7 heteroatoms. The molecule has 2 N–H and O–H groups in total. The van der Waals surface area contributed by atoms with E-state index in [1.54, 1.807) is 0 Å². The van der Waals surface area contributed by atoms with Crippen LogP contribution in [0.4, 0.5) is 0 Å². The summed E-state index contributed by atoms with van der Waals surface area (Å²) in [5, 5.41) is 6.36. The lowest BCUT2D eigenvalue weighted by molar-refractivity contribution is 0.215. The minimum Gasteiger partial charge on any atom is -0.490 e. The Hall–Kier alpha value is -1.76. The van der Waals surface area contributed by atoms with Crippen LogP contribution in [0, 0.1) is 6.92 Å². The predicted molar refractivity (Wildman–Crippen MR) is 109 cm³/mol. The summed E-state index contributed by atoms with van der Waals surface area (Å²) in [5.41, 5.74) is 2.19. The fraction of sp³-hybridized carbons (Fsp3) is 0.632. The number of aryl methyl sites for hydroxylation is 1. The minimum absolute atomic E-state index is 0.155. The van der Waals surface area contributed by atoms with Crippen molar-refractivity contribution < 1.29 is 13.2 Å². The van der Waals surface area contributed by atoms with E-state index in [1.165, 1.54) is 6.26 Å². The van der Waals surface area contributed by atoms with Gasteiger partial charge in [0.2, 0.25) is 0 Å². The van der Waals surface area contributed by atoms with E-state index in [1.807, 2.05) is 26.0 Å². The molecule has 1 aromatic carbocycles. The molecular weight excluding hydrogens is 350 g/mol. The van der Waals surface area contributed by atoms with Gasteiger partial charge in [-0.2, -0.15) is 0 Å². The SMILES string of the molecule is CCNC(=NCc1ccc(C)cc1OC(C)CC)NCCCS(C)(=O)=O. The van der Waals surface area contributed by atoms with Gasteiger partial charge in [-0.3, -0.25) is 0 Å². The molecular formula is C19H33N3O3S. The first-order valence-electron chi connectivity index (χ1n) is 9.21. The standard InChI is InChI=1S/C19H33N3O3S/c1-6-16(4)25-18-13-15(3)9-10-17(18)14-22-19(20-7-2)21-11-8-12-26(5,23)24/h9-10,13,16H,6-8,11-12,14H2,1-5H3,(H2,20,21,22). The van der Waals surface area contributed by atoms with Crippen LogP contribution in [0.2, 0.25) is 0 Å². The molecule has 6 nitrogen and oxygen atoms in total. The maximum absolute atomic E-state index is 11.2. The van der Waals surface area contributed by atoms with Gasteiger partial charge < -0.3 is 15.4 Å². The largest absolute Gasteiger partial charge is 0.490 e. The van der Waals surface area contributed by atoms with Gasteiger partial charge in [-0.1, -0.05) is 19.1 Å². The fourth-order valence-electron chi connectivity index (χ4n) is 2.25. The van der Waals surface area contributed by atoms with Gasteiger partial charge in [0.15, 0.2) is 5.96 Å². The van der Waals surface area contributed by atoms with Gasteiger partial charge >= 0.3 is 0 Å². The summed E-state index contributed by atoms with van der Waals surface area (Å²) in [6, 6.07) is 6.15. The maximum Gasteiger partial charge on any atom is 0.191 e. The first kappa shape index (κ1) is 22.3. The van der Waals surface area contributed by atoms with E-state index in [2.05, 4.69) is 35.5 Å². The second-order valence-corrected chi connectivity index (χ2v) is 8.81. The zero-order chi connectivity index (χ0) is 19.6. The number of aliphatic imine (C=N–C) groups is 1. The van der Waals surface area contributed by atoms with Gasteiger partial charge in [0.1, 0.15) is 15.6 Å². The Morgan fingerprint density at radius 3 is 2.62 bits per heavy atom. The maximum atomic E-state index is 11.2. The van der Waals surface area contributed by atoms with Crippen LogP contribution in [0.25, 0.3) is 0 Å². The summed E-state index contributed by atoms with van der Waals surface area (Å²) in [6.07, 6.45) is 2.90. The molecule has 1 unspecified atom stereocenters. The van der Waals surface area contributed by atoms with Crippen molar-refractivity contribution in [2.24, 2.45) is 4.99 Å². The lowest BCUT2D eigenvalue weighted by Crippen LogP contribution is -2.38. The number of guanidine groups is 1. The van der Waals surface area contributed by atoms with Gasteiger partial charge in [-0.05, 0) is 45.2 Å². The van der Waals surface area contributed by atoms with E-state index in [4.69, 9.17) is 4.74 Å². The van der Waals surface area contributed by atoms with Crippen molar-refractivity contribution in [2.75, 3.05) is 25.1 Å². The molecule has 0 aliphatic carbocycles. The smallest absolute Gasteiger partial charge is 0.191 e. The molecule has 0 heterocycles. The average Bonchev–Trinajstić information content (AvgIpc) is 2.56. The molecule has 0 fully saturated rings. The Morgan fingerprint density at radius 2 is 2.00 bits per heavy atom. The summed E-state index contributed by atoms with van der Waals surface area (Å²) < 4.78 is 28.4. The van der Waals surface area contributed by atoms with E-state index >= 15 is 0 Å². The van der Waals surface area contributed by atoms with Gasteiger partial charge in [-0.25, -0.2) is 13.4 Å². The molecule has 0 bridgehead atoms. The first-order chi connectivity index (χ1) is 12.2. The molecule has 0 saturated heterocycles. The van der Waals surface area contributed by atoms with Crippen LogP contribution < -0.4 is 15.4 Å². The number of sulfone groups is 1. The highest BCUT2D eigenvalue weighted by Gasteiger charge is 2.08. The van der Waals surface area contributed by atoms with E-state index in [-0.39, 0.29) is 11.9 Å². The summed E-state index contributed by atoms with van der Waals surface area (Å²) in [6.45, 7) is 9.99. The Labute approximate surface area is 158 Å². The van der Waals surface area contributed by atoms with Crippen molar-refractivity contribution in [1.82, 2.24) is 10.6 Å². The highest BCUT2D eigenvalue weighted by atomic mass is 32.2. The van der Waals surface area contributed by atoms with Gasteiger partial charge in [-0.15, -0.1) is 0 Å². The number of hydrogen-bond acceptors (Lipinski definition) is 4. The van der Waals surface area contributed by atoms with Crippen LogP contribution in [0.1, 0.15) is 44.7 Å². The lowest BCUT2D eigenvalue weighted by atomic mass is 10.1. The van der Waals surface area contributed by atoms with Crippen molar-refractivity contribution in [2.45, 2.75) is 53.2 Å². The molecule has 0 aliphatic heterocycles. The van der Waals surface area contributed by atoms with E-state index in [0.717, 1.165) is 29.8 Å². The van der Waals surface area contributed by atoms with Crippen LogP contribution in [0.5, 0.6) is 5.75 Å². The Kier molecular flexibility index (Phi) is 9.48. The molecule has 1 aromatic rings. The number of ether oxygens (including phenoxy) is 1. The summed E-state index contributed by atoms with van der Waals surface area (Å²) >= 11 is 0. The number of hydrogen-bond donors (Lipinski definition) is 2. The molecule has 0 saturated carbocycles. The van der Waals surface area contributed by atoms with Gasteiger partial charge in [0, 0.05) is 24.9 Å². The number of benzene rings is 1. The van der Waals surface area contributed by atoms with Crippen LogP contribution in [0.3, 0.4) is 0 Å². The molecule has 0 aliphatic rings. The van der Waals surface area contributed by atoms with Crippen LogP contribution in [-0.4, -0.2) is 45.6 Å². The highest BCUT2D eigenvalue weighted by Crippen LogP contribution is 2.23. The van der Waals surface area contributed by atoms with Crippen molar-refractivity contribution in [1.29, 1.82) is 0 Å². The number of nitrogens with zero attached hydrogens (tertiary/aromatic N) is 1. The third-order valence-corrected chi connectivity index (χ3v) is 4.89. The second kappa shape index (κ2) is 11.1. The fourth-order valence-corrected chi connectivity index (χ4v) is 2.92. The topological polar surface area (TPSA) is 79.8 Å². The second-order valence-electron chi connectivity index (χ2n) is 6.55. The summed E-state index contributed by atoms with van der Waals surface area (Å²) in [5.74, 6) is 1.72. The number of rotatable bonds is 10. The highest BCUT2D eigenvalue weighted by molar-refractivity contribution is 7.90. The molecule has 0 spiro atoms. The van der Waals surface area contributed by atoms with Crippen LogP contribution in [0.15, 0.2) is 23.2 Å². The summed E-state index contributed by atoms with van der Waals surface area (Å²) in [7, 11) is -2.93. The minimum atomic E-state index is -2.93. The first-order valence-corrected chi connectivity index (χ1v) is 11.3. The predicted octanol–water partition coefficient (Wildman–Crippen LogP) is 2.66. The molecule has 0 amide bonds. The number of nitrogens with one attached hydrogen (secondary N) is 2. The molecule has 0 radical (unpaired) electrons. The van der Waals surface area contributed by atoms with Crippen LogP contribution >= 0.6 is 0 Å². The normalized spacial score (nSPS) is 13.3. The van der Waals surface area contributed by atoms with E-state index < -0.39 is 9.84 Å².